The maximum atomic E-state index is 12.4. The number of rotatable bonds is 7. The third kappa shape index (κ3) is 5.13. The molecule has 0 saturated heterocycles. The van der Waals surface area contributed by atoms with Crippen molar-refractivity contribution < 1.29 is 34.0 Å². The van der Waals surface area contributed by atoms with Crippen LogP contribution in [0.2, 0.25) is 0 Å². The monoisotopic (exact) mass is 412 g/mol. The van der Waals surface area contributed by atoms with Crippen molar-refractivity contribution >= 4 is 11.9 Å². The van der Waals surface area contributed by atoms with Gasteiger partial charge in [0.25, 0.3) is 0 Å². The maximum Gasteiger partial charge on any atom is 0.338 e. The van der Waals surface area contributed by atoms with Crippen molar-refractivity contribution in [1.29, 1.82) is 0 Å². The van der Waals surface area contributed by atoms with Gasteiger partial charge >= 0.3 is 11.9 Å². The number of hydrogen-bond donors (Lipinski definition) is 2. The fourth-order valence-corrected chi connectivity index (χ4v) is 3.18. The van der Waals surface area contributed by atoms with E-state index in [1.807, 2.05) is 0 Å². The zero-order chi connectivity index (χ0) is 21.5. The van der Waals surface area contributed by atoms with Crippen molar-refractivity contribution in [2.24, 2.45) is 0 Å². The molecule has 4 unspecified atom stereocenters. The van der Waals surface area contributed by atoms with Crippen LogP contribution in [0.4, 0.5) is 0 Å². The first-order chi connectivity index (χ1) is 14.5. The van der Waals surface area contributed by atoms with Crippen LogP contribution >= 0.6 is 0 Å². The summed E-state index contributed by atoms with van der Waals surface area (Å²) < 4.78 is 16.3. The van der Waals surface area contributed by atoms with Gasteiger partial charge in [-0.1, -0.05) is 36.4 Å². The zero-order valence-corrected chi connectivity index (χ0v) is 16.5. The van der Waals surface area contributed by atoms with Crippen LogP contribution in [0.25, 0.3) is 0 Å². The van der Waals surface area contributed by atoms with Crippen molar-refractivity contribution in [3.63, 3.8) is 0 Å². The highest BCUT2D eigenvalue weighted by Gasteiger charge is 2.42. The summed E-state index contributed by atoms with van der Waals surface area (Å²) in [5.41, 5.74) is 0.971. The molecule has 7 heteroatoms. The standard InChI is InChI=1S/C23H24O7/c1-2-28-18-13-17(14-29-22(26)15-9-5-3-6-10-15)19(24)20(25)21(18)30-23(27)16-11-7-4-8-12-16/h3-13,18-21,24-25H,2,14H2,1H3. The van der Waals surface area contributed by atoms with E-state index in [1.165, 1.54) is 6.08 Å². The SMILES string of the molecule is CCOC1C=C(COC(=O)c2ccccc2)C(O)C(O)C1OC(=O)c1ccccc1. The fourth-order valence-electron chi connectivity index (χ4n) is 3.18. The minimum Gasteiger partial charge on any atom is -0.457 e. The highest BCUT2D eigenvalue weighted by Crippen LogP contribution is 2.26. The van der Waals surface area contributed by atoms with Gasteiger partial charge in [-0.3, -0.25) is 0 Å². The van der Waals surface area contributed by atoms with Crippen molar-refractivity contribution in [2.75, 3.05) is 13.2 Å². The molecule has 2 aromatic rings. The quantitative estimate of drug-likeness (QED) is 0.531. The Morgan fingerprint density at radius 3 is 2.03 bits per heavy atom. The minimum absolute atomic E-state index is 0.227. The normalized spacial score (nSPS) is 23.4. The van der Waals surface area contributed by atoms with Crippen LogP contribution in [0.3, 0.4) is 0 Å². The molecule has 0 saturated carbocycles. The molecule has 158 valence electrons. The Balaban J connectivity index is 1.72. The predicted octanol–water partition coefficient (Wildman–Crippen LogP) is 2.14. The lowest BCUT2D eigenvalue weighted by atomic mass is 9.89. The van der Waals surface area contributed by atoms with E-state index in [0.29, 0.717) is 17.7 Å². The zero-order valence-electron chi connectivity index (χ0n) is 16.5. The average Bonchev–Trinajstić information content (AvgIpc) is 2.78. The first-order valence-electron chi connectivity index (χ1n) is 9.67. The Bertz CT molecular complexity index is 879. The lowest BCUT2D eigenvalue weighted by Crippen LogP contribution is -2.52. The van der Waals surface area contributed by atoms with Gasteiger partial charge in [-0.15, -0.1) is 0 Å². The highest BCUT2D eigenvalue weighted by atomic mass is 16.6. The van der Waals surface area contributed by atoms with Crippen molar-refractivity contribution in [1.82, 2.24) is 0 Å². The summed E-state index contributed by atoms with van der Waals surface area (Å²) in [6.07, 6.45) is -3.20. The van der Waals surface area contributed by atoms with Crippen LogP contribution in [0.5, 0.6) is 0 Å². The molecule has 0 spiro atoms. The molecule has 2 N–H and O–H groups in total. The molecule has 4 atom stereocenters. The molecular formula is C23H24O7. The summed E-state index contributed by atoms with van der Waals surface area (Å²) in [5.74, 6) is -1.19. The van der Waals surface area contributed by atoms with Gasteiger partial charge in [0, 0.05) is 6.61 Å². The van der Waals surface area contributed by atoms with Gasteiger partial charge in [0.2, 0.25) is 0 Å². The van der Waals surface area contributed by atoms with E-state index < -0.39 is 36.4 Å². The molecule has 0 fully saturated rings. The van der Waals surface area contributed by atoms with Gasteiger partial charge in [0.15, 0.2) is 6.10 Å². The molecule has 3 rings (SSSR count). The second kappa shape index (κ2) is 10.2. The summed E-state index contributed by atoms with van der Waals surface area (Å²) in [6.45, 7) is 1.83. The number of esters is 2. The smallest absolute Gasteiger partial charge is 0.338 e. The summed E-state index contributed by atoms with van der Waals surface area (Å²) in [7, 11) is 0. The van der Waals surface area contributed by atoms with Gasteiger partial charge in [0.05, 0.1) is 11.1 Å². The first kappa shape index (κ1) is 21.7. The maximum absolute atomic E-state index is 12.4. The van der Waals surface area contributed by atoms with Crippen molar-refractivity contribution in [3.8, 4) is 0 Å². The van der Waals surface area contributed by atoms with E-state index in [2.05, 4.69) is 0 Å². The van der Waals surface area contributed by atoms with Crippen LogP contribution in [0, 0.1) is 0 Å². The Morgan fingerprint density at radius 1 is 0.900 bits per heavy atom. The van der Waals surface area contributed by atoms with Crippen molar-refractivity contribution in [3.05, 3.63) is 83.4 Å². The molecule has 0 aliphatic heterocycles. The van der Waals surface area contributed by atoms with E-state index in [-0.39, 0.29) is 12.2 Å². The number of aliphatic hydroxyl groups excluding tert-OH is 2. The third-order valence-corrected chi connectivity index (χ3v) is 4.73. The first-order valence-corrected chi connectivity index (χ1v) is 9.67. The van der Waals surface area contributed by atoms with E-state index >= 15 is 0 Å². The molecule has 0 aromatic heterocycles. The van der Waals surface area contributed by atoms with E-state index in [1.54, 1.807) is 67.6 Å². The van der Waals surface area contributed by atoms with Crippen LogP contribution in [0.1, 0.15) is 27.6 Å². The summed E-state index contributed by atoms with van der Waals surface area (Å²) in [4.78, 5) is 24.6. The van der Waals surface area contributed by atoms with Crippen LogP contribution in [-0.4, -0.2) is 59.8 Å². The highest BCUT2D eigenvalue weighted by molar-refractivity contribution is 5.90. The lowest BCUT2D eigenvalue weighted by Gasteiger charge is -2.36. The molecule has 1 aliphatic carbocycles. The molecule has 0 heterocycles. The van der Waals surface area contributed by atoms with Crippen LogP contribution < -0.4 is 0 Å². The number of hydrogen-bond acceptors (Lipinski definition) is 7. The molecular weight excluding hydrogens is 388 g/mol. The summed E-state index contributed by atoms with van der Waals surface area (Å²) >= 11 is 0. The van der Waals surface area contributed by atoms with Crippen LogP contribution in [0.15, 0.2) is 72.3 Å². The molecule has 2 aromatic carbocycles. The summed E-state index contributed by atoms with van der Waals surface area (Å²) in [6, 6.07) is 16.8. The number of carbonyl (C=O) groups is 2. The fraction of sp³-hybridized carbons (Fsp3) is 0.304. The number of aliphatic hydroxyl groups is 2. The molecule has 0 bridgehead atoms. The molecule has 1 aliphatic rings. The molecule has 0 radical (unpaired) electrons. The van der Waals surface area contributed by atoms with Gasteiger partial charge in [-0.25, -0.2) is 9.59 Å². The Morgan fingerprint density at radius 2 is 1.47 bits per heavy atom. The van der Waals surface area contributed by atoms with E-state index in [9.17, 15) is 19.8 Å². The van der Waals surface area contributed by atoms with Crippen molar-refractivity contribution in [2.45, 2.75) is 31.3 Å². The molecule has 7 nitrogen and oxygen atoms in total. The van der Waals surface area contributed by atoms with Crippen LogP contribution in [-0.2, 0) is 14.2 Å². The number of carbonyl (C=O) groups excluding carboxylic acids is 2. The minimum atomic E-state index is -1.44. The van der Waals surface area contributed by atoms with Gasteiger partial charge in [-0.2, -0.15) is 0 Å². The number of ether oxygens (including phenoxy) is 3. The number of benzene rings is 2. The van der Waals surface area contributed by atoms with Gasteiger partial charge in [-0.05, 0) is 42.8 Å². The lowest BCUT2D eigenvalue weighted by molar-refractivity contribution is -0.117. The predicted molar refractivity (Wildman–Crippen MR) is 108 cm³/mol. The van der Waals surface area contributed by atoms with E-state index in [0.717, 1.165) is 0 Å². The molecule has 30 heavy (non-hydrogen) atoms. The second-order valence-electron chi connectivity index (χ2n) is 6.78. The average molecular weight is 412 g/mol. The summed E-state index contributed by atoms with van der Waals surface area (Å²) in [5, 5.41) is 21.1. The largest absolute Gasteiger partial charge is 0.457 e. The van der Waals surface area contributed by atoms with E-state index in [4.69, 9.17) is 14.2 Å². The Labute approximate surface area is 174 Å². The third-order valence-electron chi connectivity index (χ3n) is 4.73. The van der Waals surface area contributed by atoms with Gasteiger partial charge in [0.1, 0.15) is 24.9 Å². The Kier molecular flexibility index (Phi) is 7.35. The topological polar surface area (TPSA) is 102 Å². The Hall–Kier alpha value is -3.00. The van der Waals surface area contributed by atoms with Gasteiger partial charge < -0.3 is 24.4 Å². The second-order valence-corrected chi connectivity index (χ2v) is 6.78. The molecule has 0 amide bonds.